The van der Waals surface area contributed by atoms with Gasteiger partial charge in [-0.25, -0.2) is 0 Å². The van der Waals surface area contributed by atoms with Crippen molar-refractivity contribution in [3.05, 3.63) is 95.6 Å². The number of carbonyl (C=O) groups excluding carboxylic acids is 2. The fourth-order valence-electron chi connectivity index (χ4n) is 6.17. The molecule has 228 valence electrons. The zero-order valence-corrected chi connectivity index (χ0v) is 25.5. The van der Waals surface area contributed by atoms with Crippen LogP contribution in [0.3, 0.4) is 0 Å². The van der Waals surface area contributed by atoms with Crippen molar-refractivity contribution in [1.82, 2.24) is 9.80 Å². The number of amides is 2. The topological polar surface area (TPSA) is 62.3 Å². The summed E-state index contributed by atoms with van der Waals surface area (Å²) in [5.74, 6) is 0.710. The smallest absolute Gasteiger partial charge is 0.264 e. The third-order valence-corrected chi connectivity index (χ3v) is 8.40. The zero-order chi connectivity index (χ0) is 29.9. The maximum atomic E-state index is 13.8. The molecule has 0 radical (unpaired) electrons. The van der Waals surface area contributed by atoms with E-state index in [9.17, 15) is 9.59 Å². The summed E-state index contributed by atoms with van der Waals surface area (Å²) in [6.45, 7) is 7.00. The molecule has 7 heteroatoms. The molecule has 5 rings (SSSR count). The summed E-state index contributed by atoms with van der Waals surface area (Å²) in [6, 6.07) is 26.1. The van der Waals surface area contributed by atoms with Crippen molar-refractivity contribution < 1.29 is 19.1 Å². The summed E-state index contributed by atoms with van der Waals surface area (Å²) in [6.07, 6.45) is 5.22. The van der Waals surface area contributed by atoms with E-state index in [0.29, 0.717) is 31.8 Å². The van der Waals surface area contributed by atoms with Gasteiger partial charge in [-0.15, -0.1) is 0 Å². The lowest BCUT2D eigenvalue weighted by atomic mass is 10.0. The lowest BCUT2D eigenvalue weighted by Crippen LogP contribution is -2.41. The monoisotopic (exact) mass is 583 g/mol. The van der Waals surface area contributed by atoms with Crippen LogP contribution in [0.5, 0.6) is 5.75 Å². The number of aryl methyl sites for hydroxylation is 1. The minimum Gasteiger partial charge on any atom is -0.484 e. The van der Waals surface area contributed by atoms with Crippen LogP contribution in [0.25, 0.3) is 0 Å². The molecule has 43 heavy (non-hydrogen) atoms. The normalized spacial score (nSPS) is 18.7. The minimum absolute atomic E-state index is 0.0117. The van der Waals surface area contributed by atoms with E-state index in [4.69, 9.17) is 9.47 Å². The van der Waals surface area contributed by atoms with Crippen molar-refractivity contribution in [3.63, 3.8) is 0 Å². The summed E-state index contributed by atoms with van der Waals surface area (Å²) < 4.78 is 11.9. The maximum absolute atomic E-state index is 13.8. The Morgan fingerprint density at radius 3 is 2.30 bits per heavy atom. The average Bonchev–Trinajstić information content (AvgIpc) is 3.02. The molecule has 2 heterocycles. The summed E-state index contributed by atoms with van der Waals surface area (Å²) >= 11 is 0. The van der Waals surface area contributed by atoms with Crippen LogP contribution in [0.2, 0.25) is 0 Å². The molecule has 1 fully saturated rings. The van der Waals surface area contributed by atoms with Crippen molar-refractivity contribution in [3.8, 4) is 5.75 Å². The standard InChI is InChI=1S/C36H45N3O4/c1-29-13-10-16-31-27-38(34(40)25-33-19-8-9-24-42-33)22-11-20-37(26-30-14-4-2-5-15-30)21-12-23-39(36(29)31)35(41)28-43-32-17-6-3-7-18-32/h2-7,10,13-18,33H,8-9,11-12,19-28H2,1H3. The van der Waals surface area contributed by atoms with Crippen molar-refractivity contribution in [1.29, 1.82) is 0 Å². The van der Waals surface area contributed by atoms with Gasteiger partial charge in [0.15, 0.2) is 6.61 Å². The van der Waals surface area contributed by atoms with E-state index in [1.165, 1.54) is 5.56 Å². The molecule has 3 aromatic carbocycles. The van der Waals surface area contributed by atoms with Gasteiger partial charge in [0.2, 0.25) is 5.91 Å². The van der Waals surface area contributed by atoms with E-state index < -0.39 is 0 Å². The Morgan fingerprint density at radius 1 is 0.814 bits per heavy atom. The lowest BCUT2D eigenvalue weighted by molar-refractivity contribution is -0.135. The van der Waals surface area contributed by atoms with Gasteiger partial charge in [0.05, 0.1) is 18.2 Å². The van der Waals surface area contributed by atoms with Gasteiger partial charge in [0.25, 0.3) is 5.91 Å². The van der Waals surface area contributed by atoms with E-state index in [2.05, 4.69) is 35.2 Å². The highest BCUT2D eigenvalue weighted by atomic mass is 16.5. The van der Waals surface area contributed by atoms with Crippen LogP contribution < -0.4 is 9.64 Å². The molecule has 3 aromatic rings. The van der Waals surface area contributed by atoms with E-state index >= 15 is 0 Å². The fraction of sp³-hybridized carbons (Fsp3) is 0.444. The van der Waals surface area contributed by atoms with Crippen LogP contribution in [-0.4, -0.2) is 67.1 Å². The first-order valence-electron chi connectivity index (χ1n) is 15.8. The van der Waals surface area contributed by atoms with Crippen LogP contribution in [-0.2, 0) is 27.4 Å². The number of ether oxygens (including phenoxy) is 2. The predicted molar refractivity (Wildman–Crippen MR) is 170 cm³/mol. The number of rotatable bonds is 7. The summed E-state index contributed by atoms with van der Waals surface area (Å²) in [4.78, 5) is 33.9. The van der Waals surface area contributed by atoms with Gasteiger partial charge in [0, 0.05) is 45.9 Å². The van der Waals surface area contributed by atoms with Gasteiger partial charge in [-0.2, -0.15) is 0 Å². The minimum atomic E-state index is -0.0837. The molecule has 0 aromatic heterocycles. The highest BCUT2D eigenvalue weighted by Crippen LogP contribution is 2.29. The van der Waals surface area contributed by atoms with Crippen LogP contribution >= 0.6 is 0 Å². The van der Waals surface area contributed by atoms with Crippen LogP contribution in [0.4, 0.5) is 5.69 Å². The molecule has 0 N–H and O–H groups in total. The summed E-state index contributed by atoms with van der Waals surface area (Å²) in [7, 11) is 0. The van der Waals surface area contributed by atoms with Crippen LogP contribution in [0.1, 0.15) is 55.2 Å². The summed E-state index contributed by atoms with van der Waals surface area (Å²) in [5.41, 5.74) is 4.17. The Kier molecular flexibility index (Phi) is 11.2. The number of carbonyl (C=O) groups is 2. The zero-order valence-electron chi connectivity index (χ0n) is 25.5. The molecule has 7 nitrogen and oxygen atoms in total. The molecule has 0 bridgehead atoms. The second kappa shape index (κ2) is 15.7. The largest absolute Gasteiger partial charge is 0.484 e. The van der Waals surface area contributed by atoms with E-state index in [-0.39, 0.29) is 24.5 Å². The first kappa shape index (κ1) is 30.8. The predicted octanol–water partition coefficient (Wildman–Crippen LogP) is 5.99. The number of hydrogen-bond acceptors (Lipinski definition) is 5. The van der Waals surface area contributed by atoms with E-state index in [0.717, 1.165) is 75.2 Å². The number of anilines is 1. The van der Waals surface area contributed by atoms with E-state index in [1.54, 1.807) is 0 Å². The molecule has 2 aliphatic heterocycles. The molecular formula is C36H45N3O4. The Labute approximate surface area is 256 Å². The third-order valence-electron chi connectivity index (χ3n) is 8.40. The molecule has 0 aliphatic carbocycles. The molecule has 1 atom stereocenters. The molecule has 0 saturated carbocycles. The third kappa shape index (κ3) is 8.91. The number of benzene rings is 3. The molecule has 1 saturated heterocycles. The van der Waals surface area contributed by atoms with Crippen molar-refractivity contribution in [2.24, 2.45) is 0 Å². The first-order valence-corrected chi connectivity index (χ1v) is 15.8. The Hall–Kier alpha value is -3.68. The SMILES string of the molecule is Cc1cccc2c1N(C(=O)COc1ccccc1)CCCN(Cc1ccccc1)CCCN(C(=O)CC1CCCCO1)C2. The average molecular weight is 584 g/mol. The van der Waals surface area contributed by atoms with Gasteiger partial charge >= 0.3 is 0 Å². The van der Waals surface area contributed by atoms with Gasteiger partial charge in [-0.05, 0) is 67.9 Å². The van der Waals surface area contributed by atoms with Crippen molar-refractivity contribution in [2.45, 2.75) is 64.6 Å². The Bertz CT molecular complexity index is 1310. The van der Waals surface area contributed by atoms with Gasteiger partial charge in [-0.1, -0.05) is 66.7 Å². The first-order chi connectivity index (χ1) is 21.1. The van der Waals surface area contributed by atoms with Gasteiger partial charge in [0.1, 0.15) is 5.75 Å². The number of nitrogens with zero attached hydrogens (tertiary/aromatic N) is 3. The fourth-order valence-corrected chi connectivity index (χ4v) is 6.17. The second-order valence-corrected chi connectivity index (χ2v) is 11.7. The highest BCUT2D eigenvalue weighted by Gasteiger charge is 2.26. The Morgan fingerprint density at radius 2 is 1.56 bits per heavy atom. The Balaban J connectivity index is 1.41. The van der Waals surface area contributed by atoms with Crippen molar-refractivity contribution in [2.75, 3.05) is 44.3 Å². The van der Waals surface area contributed by atoms with Crippen molar-refractivity contribution >= 4 is 17.5 Å². The maximum Gasteiger partial charge on any atom is 0.264 e. The highest BCUT2D eigenvalue weighted by molar-refractivity contribution is 5.96. The number of hydrogen-bond donors (Lipinski definition) is 0. The number of fused-ring (bicyclic) bond motifs is 1. The van der Waals surface area contributed by atoms with Crippen LogP contribution in [0, 0.1) is 6.92 Å². The lowest BCUT2D eigenvalue weighted by Gasteiger charge is -2.33. The molecular weight excluding hydrogens is 538 g/mol. The summed E-state index contributed by atoms with van der Waals surface area (Å²) in [5, 5.41) is 0. The van der Waals surface area contributed by atoms with Crippen LogP contribution in [0.15, 0.2) is 78.9 Å². The molecule has 1 unspecified atom stereocenters. The van der Waals surface area contributed by atoms with Gasteiger partial charge in [-0.3, -0.25) is 14.5 Å². The quantitative estimate of drug-likeness (QED) is 0.342. The number of para-hydroxylation sites is 2. The molecule has 2 aliphatic rings. The van der Waals surface area contributed by atoms with Gasteiger partial charge < -0.3 is 19.3 Å². The molecule has 2 amide bonds. The molecule has 0 spiro atoms. The van der Waals surface area contributed by atoms with E-state index in [1.807, 2.05) is 65.3 Å². The second-order valence-electron chi connectivity index (χ2n) is 11.7.